The van der Waals surface area contributed by atoms with E-state index >= 15 is 0 Å². The number of hydrogen-bond donors (Lipinski definition) is 2. The van der Waals surface area contributed by atoms with Gasteiger partial charge >= 0.3 is 0 Å². The molecule has 1 aromatic carbocycles. The topological polar surface area (TPSA) is 47.2 Å². The van der Waals surface area contributed by atoms with E-state index in [4.69, 9.17) is 0 Å². The molecule has 1 saturated heterocycles. The van der Waals surface area contributed by atoms with Crippen molar-refractivity contribution in [2.45, 2.75) is 19.5 Å². The Kier molecular flexibility index (Phi) is 5.08. The minimum atomic E-state index is 0.549. The maximum Gasteiger partial charge on any atom is 0.120 e. The van der Waals surface area contributed by atoms with E-state index in [0.29, 0.717) is 6.04 Å². The predicted molar refractivity (Wildman–Crippen MR) is 90.0 cm³/mol. The lowest BCUT2D eigenvalue weighted by Crippen LogP contribution is -2.52. The van der Waals surface area contributed by atoms with Gasteiger partial charge in [0.25, 0.3) is 0 Å². The summed E-state index contributed by atoms with van der Waals surface area (Å²) in [5, 5.41) is 3.48. The number of H-pyrrole nitrogens is 1. The number of rotatable bonds is 6. The van der Waals surface area contributed by atoms with Gasteiger partial charge in [0.15, 0.2) is 0 Å². The number of piperazine rings is 1. The Bertz CT molecular complexity index is 531. The summed E-state index contributed by atoms with van der Waals surface area (Å²) in [6.07, 6.45) is 3.66. The average molecular weight is 299 g/mol. The quantitative estimate of drug-likeness (QED) is 0.852. The minimum Gasteiger partial charge on any atom is -0.369 e. The van der Waals surface area contributed by atoms with Crippen molar-refractivity contribution in [1.82, 2.24) is 20.2 Å². The van der Waals surface area contributed by atoms with Gasteiger partial charge in [-0.15, -0.1) is 0 Å². The molecule has 1 atom stereocenters. The van der Waals surface area contributed by atoms with E-state index in [1.54, 1.807) is 6.20 Å². The normalized spacial score (nSPS) is 17.6. The first-order valence-electron chi connectivity index (χ1n) is 8.06. The zero-order valence-corrected chi connectivity index (χ0v) is 13.2. The molecule has 1 fully saturated rings. The van der Waals surface area contributed by atoms with Gasteiger partial charge in [-0.1, -0.05) is 18.2 Å². The van der Waals surface area contributed by atoms with E-state index in [9.17, 15) is 0 Å². The van der Waals surface area contributed by atoms with Crippen LogP contribution in [-0.2, 0) is 6.54 Å². The second kappa shape index (κ2) is 7.42. The van der Waals surface area contributed by atoms with Gasteiger partial charge in [0, 0.05) is 56.8 Å². The van der Waals surface area contributed by atoms with Gasteiger partial charge in [0.1, 0.15) is 5.82 Å². The van der Waals surface area contributed by atoms with Crippen LogP contribution in [0.15, 0.2) is 42.7 Å². The van der Waals surface area contributed by atoms with Crippen molar-refractivity contribution >= 4 is 5.69 Å². The molecule has 2 N–H and O–H groups in total. The molecule has 0 bridgehead atoms. The van der Waals surface area contributed by atoms with Gasteiger partial charge in [0.2, 0.25) is 0 Å². The van der Waals surface area contributed by atoms with Crippen LogP contribution in [-0.4, -0.2) is 53.6 Å². The first-order chi connectivity index (χ1) is 10.8. The molecule has 5 nitrogen and oxygen atoms in total. The SMILES string of the molecule is CC(CNCc1ncc[nH]1)N1CCN(c2ccccc2)CC1. The molecule has 118 valence electrons. The highest BCUT2D eigenvalue weighted by atomic mass is 15.3. The van der Waals surface area contributed by atoms with Crippen LogP contribution in [0, 0.1) is 0 Å². The number of anilines is 1. The van der Waals surface area contributed by atoms with Crippen LogP contribution < -0.4 is 10.2 Å². The molecular weight excluding hydrogens is 274 g/mol. The Hall–Kier alpha value is -1.85. The number of hydrogen-bond acceptors (Lipinski definition) is 4. The zero-order valence-electron chi connectivity index (χ0n) is 13.2. The van der Waals surface area contributed by atoms with E-state index in [1.165, 1.54) is 5.69 Å². The zero-order chi connectivity index (χ0) is 15.2. The highest BCUT2D eigenvalue weighted by Gasteiger charge is 2.20. The van der Waals surface area contributed by atoms with Crippen LogP contribution in [0.2, 0.25) is 0 Å². The van der Waals surface area contributed by atoms with E-state index < -0.39 is 0 Å². The summed E-state index contributed by atoms with van der Waals surface area (Å²) < 4.78 is 0. The van der Waals surface area contributed by atoms with Crippen LogP contribution >= 0.6 is 0 Å². The molecule has 5 heteroatoms. The van der Waals surface area contributed by atoms with Gasteiger partial charge in [0.05, 0.1) is 6.54 Å². The Balaban J connectivity index is 1.41. The average Bonchev–Trinajstić information content (AvgIpc) is 3.09. The summed E-state index contributed by atoms with van der Waals surface area (Å²) in [5.41, 5.74) is 1.34. The molecule has 22 heavy (non-hydrogen) atoms. The summed E-state index contributed by atoms with van der Waals surface area (Å²) in [6, 6.07) is 11.2. The highest BCUT2D eigenvalue weighted by Crippen LogP contribution is 2.16. The molecule has 2 aromatic rings. The summed E-state index contributed by atoms with van der Waals surface area (Å²) in [7, 11) is 0. The van der Waals surface area contributed by atoms with E-state index in [2.05, 4.69) is 62.3 Å². The van der Waals surface area contributed by atoms with Crippen molar-refractivity contribution in [2.75, 3.05) is 37.6 Å². The number of nitrogens with one attached hydrogen (secondary N) is 2. The lowest BCUT2D eigenvalue weighted by molar-refractivity contribution is 0.192. The summed E-state index contributed by atoms with van der Waals surface area (Å²) in [5.74, 6) is 1.00. The largest absolute Gasteiger partial charge is 0.369 e. The summed E-state index contributed by atoms with van der Waals surface area (Å²) in [6.45, 7) is 8.55. The number of aromatic amines is 1. The fourth-order valence-corrected chi connectivity index (χ4v) is 2.98. The Morgan fingerprint density at radius 3 is 2.64 bits per heavy atom. The second-order valence-corrected chi connectivity index (χ2v) is 5.87. The molecule has 2 heterocycles. The third-order valence-electron chi connectivity index (χ3n) is 4.35. The maximum atomic E-state index is 4.23. The van der Waals surface area contributed by atoms with E-state index in [0.717, 1.165) is 45.1 Å². The summed E-state index contributed by atoms with van der Waals surface area (Å²) in [4.78, 5) is 12.4. The molecule has 1 unspecified atom stereocenters. The molecule has 1 aromatic heterocycles. The van der Waals surface area contributed by atoms with Crippen LogP contribution in [0.4, 0.5) is 5.69 Å². The minimum absolute atomic E-state index is 0.549. The maximum absolute atomic E-state index is 4.23. The van der Waals surface area contributed by atoms with Crippen molar-refractivity contribution in [3.8, 4) is 0 Å². The fourth-order valence-electron chi connectivity index (χ4n) is 2.98. The number of aromatic nitrogens is 2. The first-order valence-corrected chi connectivity index (χ1v) is 8.06. The van der Waals surface area contributed by atoms with Gasteiger partial charge in [-0.25, -0.2) is 4.98 Å². The molecule has 0 saturated carbocycles. The van der Waals surface area contributed by atoms with Crippen molar-refractivity contribution in [3.05, 3.63) is 48.5 Å². The monoisotopic (exact) mass is 299 g/mol. The van der Waals surface area contributed by atoms with Crippen molar-refractivity contribution in [1.29, 1.82) is 0 Å². The van der Waals surface area contributed by atoms with Gasteiger partial charge in [-0.2, -0.15) is 0 Å². The van der Waals surface area contributed by atoms with Crippen LogP contribution in [0.1, 0.15) is 12.7 Å². The van der Waals surface area contributed by atoms with Gasteiger partial charge in [-0.05, 0) is 19.1 Å². The third kappa shape index (κ3) is 3.87. The summed E-state index contributed by atoms with van der Waals surface area (Å²) >= 11 is 0. The third-order valence-corrected chi connectivity index (χ3v) is 4.35. The van der Waals surface area contributed by atoms with Crippen LogP contribution in [0.25, 0.3) is 0 Å². The molecule has 3 rings (SSSR count). The first kappa shape index (κ1) is 15.1. The Labute approximate surface area is 132 Å². The lowest BCUT2D eigenvalue weighted by atomic mass is 10.2. The predicted octanol–water partition coefficient (Wildman–Crippen LogP) is 1.71. The molecule has 0 spiro atoms. The second-order valence-electron chi connectivity index (χ2n) is 5.87. The molecule has 1 aliphatic heterocycles. The van der Waals surface area contributed by atoms with Crippen molar-refractivity contribution in [2.24, 2.45) is 0 Å². The molecule has 1 aliphatic rings. The number of nitrogens with zero attached hydrogens (tertiary/aromatic N) is 3. The number of benzene rings is 1. The fraction of sp³-hybridized carbons (Fsp3) is 0.471. The Morgan fingerprint density at radius 2 is 1.95 bits per heavy atom. The molecule has 0 amide bonds. The Morgan fingerprint density at radius 1 is 1.18 bits per heavy atom. The van der Waals surface area contributed by atoms with Crippen LogP contribution in [0.5, 0.6) is 0 Å². The van der Waals surface area contributed by atoms with Gasteiger partial charge in [-0.3, -0.25) is 4.90 Å². The van der Waals surface area contributed by atoms with E-state index in [-0.39, 0.29) is 0 Å². The molecule has 0 aliphatic carbocycles. The van der Waals surface area contributed by atoms with Crippen LogP contribution in [0.3, 0.4) is 0 Å². The number of para-hydroxylation sites is 1. The molecular formula is C17H25N5. The molecule has 0 radical (unpaired) electrons. The highest BCUT2D eigenvalue weighted by molar-refractivity contribution is 5.46. The van der Waals surface area contributed by atoms with Crippen molar-refractivity contribution < 1.29 is 0 Å². The number of imidazole rings is 1. The van der Waals surface area contributed by atoms with Gasteiger partial charge < -0.3 is 15.2 Å². The lowest BCUT2D eigenvalue weighted by Gasteiger charge is -2.39. The standard InChI is InChI=1S/C17H25N5/c1-15(13-18-14-17-19-7-8-20-17)21-9-11-22(12-10-21)16-5-3-2-4-6-16/h2-8,15,18H,9-14H2,1H3,(H,19,20). The van der Waals surface area contributed by atoms with E-state index in [1.807, 2.05) is 6.20 Å². The van der Waals surface area contributed by atoms with Crippen molar-refractivity contribution in [3.63, 3.8) is 0 Å². The smallest absolute Gasteiger partial charge is 0.120 e.